The molecule has 0 aromatic carbocycles. The van der Waals surface area contributed by atoms with Crippen LogP contribution in [0.3, 0.4) is 0 Å². The number of rotatable bonds is 3. The van der Waals surface area contributed by atoms with Crippen molar-refractivity contribution in [3.05, 3.63) is 10.0 Å². The van der Waals surface area contributed by atoms with Crippen molar-refractivity contribution in [2.75, 3.05) is 0 Å². The zero-order chi connectivity index (χ0) is 10.1. The number of hydrogen-bond acceptors (Lipinski definition) is 5. The number of aliphatic hydroxyl groups is 1. The summed E-state index contributed by atoms with van der Waals surface area (Å²) in [6.07, 6.45) is 0.468. The van der Waals surface area contributed by atoms with Gasteiger partial charge in [-0.3, -0.25) is 0 Å². The van der Waals surface area contributed by atoms with Crippen molar-refractivity contribution in [3.8, 4) is 0 Å². The molecule has 0 amide bonds. The third-order valence-electron chi connectivity index (χ3n) is 2.06. The highest BCUT2D eigenvalue weighted by Gasteiger charge is 2.27. The van der Waals surface area contributed by atoms with Gasteiger partial charge in [-0.15, -0.1) is 21.5 Å². The molecule has 0 fully saturated rings. The third-order valence-corrected chi connectivity index (χ3v) is 2.90. The summed E-state index contributed by atoms with van der Waals surface area (Å²) < 4.78 is 0. The number of nitrogens with two attached hydrogens (primary N) is 1. The fraction of sp³-hybridized carbons (Fsp3) is 0.750. The topological polar surface area (TPSA) is 72.0 Å². The predicted molar refractivity (Wildman–Crippen MR) is 52.6 cm³/mol. The van der Waals surface area contributed by atoms with E-state index in [2.05, 4.69) is 10.2 Å². The lowest BCUT2D eigenvalue weighted by Crippen LogP contribution is -2.45. The van der Waals surface area contributed by atoms with Crippen molar-refractivity contribution in [1.29, 1.82) is 0 Å². The van der Waals surface area contributed by atoms with Crippen LogP contribution < -0.4 is 5.73 Å². The molecule has 0 saturated carbocycles. The van der Waals surface area contributed by atoms with Gasteiger partial charge in [0.1, 0.15) is 10.0 Å². The molecule has 0 bridgehead atoms. The normalized spacial score (nSPS) is 18.2. The molecule has 2 unspecified atom stereocenters. The van der Waals surface area contributed by atoms with Gasteiger partial charge >= 0.3 is 0 Å². The Labute approximate surface area is 81.8 Å². The van der Waals surface area contributed by atoms with E-state index in [1.54, 1.807) is 13.8 Å². The molecule has 1 rings (SSSR count). The van der Waals surface area contributed by atoms with Crippen molar-refractivity contribution in [2.24, 2.45) is 5.73 Å². The maximum Gasteiger partial charge on any atom is 0.120 e. The molecule has 0 saturated heterocycles. The van der Waals surface area contributed by atoms with Crippen LogP contribution in [0.25, 0.3) is 0 Å². The van der Waals surface area contributed by atoms with E-state index in [1.807, 2.05) is 6.92 Å². The minimum Gasteiger partial charge on any atom is -0.388 e. The first kappa shape index (κ1) is 10.6. The molecule has 13 heavy (non-hydrogen) atoms. The van der Waals surface area contributed by atoms with Crippen LogP contribution in [-0.4, -0.2) is 26.9 Å². The van der Waals surface area contributed by atoms with Gasteiger partial charge in [-0.05, 0) is 20.8 Å². The standard InChI is InChI=1S/C8H15N3OS/c1-5(9)8(3,12)4-7-11-10-6(2)13-7/h5,12H,4,9H2,1-3H3. The Balaban J connectivity index is 2.68. The summed E-state index contributed by atoms with van der Waals surface area (Å²) in [6, 6.07) is -0.267. The Kier molecular flexibility index (Phi) is 3.00. The van der Waals surface area contributed by atoms with E-state index in [-0.39, 0.29) is 6.04 Å². The summed E-state index contributed by atoms with van der Waals surface area (Å²) >= 11 is 1.49. The van der Waals surface area contributed by atoms with Crippen LogP contribution >= 0.6 is 11.3 Å². The Morgan fingerprint density at radius 3 is 2.62 bits per heavy atom. The first-order chi connectivity index (χ1) is 5.92. The fourth-order valence-corrected chi connectivity index (χ4v) is 1.74. The molecule has 4 nitrogen and oxygen atoms in total. The fourth-order valence-electron chi connectivity index (χ4n) is 0.876. The lowest BCUT2D eigenvalue weighted by Gasteiger charge is -2.25. The minimum absolute atomic E-state index is 0.267. The highest BCUT2D eigenvalue weighted by Crippen LogP contribution is 2.18. The Morgan fingerprint density at radius 1 is 1.62 bits per heavy atom. The van der Waals surface area contributed by atoms with E-state index in [0.717, 1.165) is 10.0 Å². The maximum absolute atomic E-state index is 9.87. The Morgan fingerprint density at radius 2 is 2.23 bits per heavy atom. The van der Waals surface area contributed by atoms with E-state index >= 15 is 0 Å². The van der Waals surface area contributed by atoms with Gasteiger partial charge in [-0.25, -0.2) is 0 Å². The molecule has 2 atom stereocenters. The lowest BCUT2D eigenvalue weighted by molar-refractivity contribution is 0.0387. The minimum atomic E-state index is -0.897. The number of nitrogens with zero attached hydrogens (tertiary/aromatic N) is 2. The SMILES string of the molecule is Cc1nnc(CC(C)(O)C(C)N)s1. The summed E-state index contributed by atoms with van der Waals surface area (Å²) in [5, 5.41) is 19.4. The van der Waals surface area contributed by atoms with Crippen molar-refractivity contribution >= 4 is 11.3 Å². The Bertz CT molecular complexity index is 283. The molecule has 0 aliphatic heterocycles. The van der Waals surface area contributed by atoms with E-state index < -0.39 is 5.60 Å². The Hall–Kier alpha value is -0.520. The molecule has 5 heteroatoms. The molecular formula is C8H15N3OS. The molecule has 0 spiro atoms. The molecule has 0 radical (unpaired) electrons. The summed E-state index contributed by atoms with van der Waals surface area (Å²) in [6.45, 7) is 5.39. The first-order valence-electron chi connectivity index (χ1n) is 4.19. The second kappa shape index (κ2) is 3.69. The molecular weight excluding hydrogens is 186 g/mol. The van der Waals surface area contributed by atoms with Crippen LogP contribution in [0, 0.1) is 6.92 Å². The predicted octanol–water partition coefficient (Wildman–Crippen LogP) is 0.487. The molecule has 1 aromatic heterocycles. The second-order valence-electron chi connectivity index (χ2n) is 3.54. The smallest absolute Gasteiger partial charge is 0.120 e. The van der Waals surface area contributed by atoms with Crippen LogP contribution in [0.5, 0.6) is 0 Å². The van der Waals surface area contributed by atoms with Gasteiger partial charge < -0.3 is 10.8 Å². The van der Waals surface area contributed by atoms with Crippen LogP contribution in [0.15, 0.2) is 0 Å². The van der Waals surface area contributed by atoms with Gasteiger partial charge in [0.15, 0.2) is 0 Å². The maximum atomic E-state index is 9.87. The number of aromatic nitrogens is 2. The summed E-state index contributed by atoms with van der Waals surface area (Å²) in [7, 11) is 0. The van der Waals surface area contributed by atoms with Crippen LogP contribution in [0.2, 0.25) is 0 Å². The van der Waals surface area contributed by atoms with Crippen molar-refractivity contribution in [2.45, 2.75) is 38.8 Å². The first-order valence-corrected chi connectivity index (χ1v) is 5.00. The quantitative estimate of drug-likeness (QED) is 0.746. The molecule has 1 heterocycles. The average molecular weight is 201 g/mol. The number of hydrogen-bond donors (Lipinski definition) is 2. The van der Waals surface area contributed by atoms with E-state index in [9.17, 15) is 5.11 Å². The monoisotopic (exact) mass is 201 g/mol. The highest BCUT2D eigenvalue weighted by atomic mass is 32.1. The number of aryl methyl sites for hydroxylation is 1. The van der Waals surface area contributed by atoms with Crippen molar-refractivity contribution < 1.29 is 5.11 Å². The zero-order valence-corrected chi connectivity index (χ0v) is 8.93. The average Bonchev–Trinajstić information content (AvgIpc) is 2.34. The third kappa shape index (κ3) is 2.72. The second-order valence-corrected chi connectivity index (χ2v) is 4.80. The zero-order valence-electron chi connectivity index (χ0n) is 8.11. The van der Waals surface area contributed by atoms with Gasteiger partial charge in [0.25, 0.3) is 0 Å². The van der Waals surface area contributed by atoms with Gasteiger partial charge in [-0.2, -0.15) is 0 Å². The molecule has 0 aliphatic carbocycles. The summed E-state index contributed by atoms with van der Waals surface area (Å²) in [5.74, 6) is 0. The molecule has 3 N–H and O–H groups in total. The highest BCUT2D eigenvalue weighted by molar-refractivity contribution is 7.11. The lowest BCUT2D eigenvalue weighted by atomic mass is 9.95. The molecule has 74 valence electrons. The van der Waals surface area contributed by atoms with Crippen LogP contribution in [0.1, 0.15) is 23.9 Å². The van der Waals surface area contributed by atoms with Crippen LogP contribution in [-0.2, 0) is 6.42 Å². The van der Waals surface area contributed by atoms with Crippen LogP contribution in [0.4, 0.5) is 0 Å². The van der Waals surface area contributed by atoms with E-state index in [4.69, 9.17) is 5.73 Å². The largest absolute Gasteiger partial charge is 0.388 e. The summed E-state index contributed by atoms with van der Waals surface area (Å²) in [5.41, 5.74) is 4.73. The van der Waals surface area contributed by atoms with Gasteiger partial charge in [0.2, 0.25) is 0 Å². The van der Waals surface area contributed by atoms with Crippen molar-refractivity contribution in [1.82, 2.24) is 10.2 Å². The van der Waals surface area contributed by atoms with E-state index in [1.165, 1.54) is 11.3 Å². The summed E-state index contributed by atoms with van der Waals surface area (Å²) in [4.78, 5) is 0. The van der Waals surface area contributed by atoms with Gasteiger partial charge in [0.05, 0.1) is 5.60 Å². The molecule has 1 aromatic rings. The van der Waals surface area contributed by atoms with E-state index in [0.29, 0.717) is 6.42 Å². The van der Waals surface area contributed by atoms with Crippen molar-refractivity contribution in [3.63, 3.8) is 0 Å². The molecule has 0 aliphatic rings. The van der Waals surface area contributed by atoms with Gasteiger partial charge in [-0.1, -0.05) is 0 Å². The van der Waals surface area contributed by atoms with Gasteiger partial charge in [0, 0.05) is 12.5 Å².